The van der Waals surface area contributed by atoms with E-state index in [-0.39, 0.29) is 0 Å². The minimum absolute atomic E-state index is 0.545. The average Bonchev–Trinajstić information content (AvgIpc) is 3.49. The molecular weight excluding hydrogens is 621 g/mol. The van der Waals surface area contributed by atoms with E-state index < -0.39 is 5.41 Å². The highest BCUT2D eigenvalue weighted by Crippen LogP contribution is 2.62. The average molecular weight is 651 g/mol. The molecule has 0 amide bonds. The zero-order valence-electron chi connectivity index (χ0n) is 27.7. The topological polar surface area (TPSA) is 35.0 Å². The lowest BCUT2D eigenvalue weighted by Gasteiger charge is -2.39. The predicted octanol–water partition coefficient (Wildman–Crippen LogP) is 11.7. The summed E-state index contributed by atoms with van der Waals surface area (Å²) in [4.78, 5) is 10.5. The van der Waals surface area contributed by atoms with Gasteiger partial charge in [-0.05, 0) is 93.0 Å². The molecule has 0 bridgehead atoms. The molecule has 0 radical (unpaired) electrons. The van der Waals surface area contributed by atoms with Crippen LogP contribution in [0.4, 0.5) is 0 Å². The molecule has 0 fully saturated rings. The van der Waals surface area contributed by atoms with Gasteiger partial charge in [-0.1, -0.05) is 127 Å². The third-order valence-electron chi connectivity index (χ3n) is 10.9. The molecule has 1 spiro atoms. The van der Waals surface area contributed by atoms with Crippen LogP contribution in [-0.4, -0.2) is 9.97 Å². The Morgan fingerprint density at radius 1 is 0.490 bits per heavy atom. The lowest BCUT2D eigenvalue weighted by molar-refractivity contribution is 0.436. The summed E-state index contributed by atoms with van der Waals surface area (Å²) in [7, 11) is 0. The molecule has 0 N–H and O–H groups in total. The third-order valence-corrected chi connectivity index (χ3v) is 10.9. The first kappa shape index (κ1) is 28.3. The summed E-state index contributed by atoms with van der Waals surface area (Å²) in [5, 5.41) is 2.56. The van der Waals surface area contributed by atoms with Crippen molar-refractivity contribution in [3.8, 4) is 56.5 Å². The van der Waals surface area contributed by atoms with Crippen LogP contribution in [0.2, 0.25) is 0 Å². The summed E-state index contributed by atoms with van der Waals surface area (Å²) in [6.07, 6.45) is 5.46. The number of benzene rings is 7. The molecule has 2 heterocycles. The molecule has 1 aliphatic heterocycles. The minimum Gasteiger partial charge on any atom is -0.457 e. The van der Waals surface area contributed by atoms with Crippen LogP contribution in [0.5, 0.6) is 11.5 Å². The van der Waals surface area contributed by atoms with Crippen molar-refractivity contribution >= 4 is 16.8 Å². The maximum atomic E-state index is 6.71. The van der Waals surface area contributed by atoms with Crippen molar-refractivity contribution in [1.82, 2.24) is 9.97 Å². The van der Waals surface area contributed by atoms with Crippen LogP contribution >= 0.6 is 0 Å². The molecule has 3 heteroatoms. The summed E-state index contributed by atoms with van der Waals surface area (Å²) >= 11 is 0. The van der Waals surface area contributed by atoms with Gasteiger partial charge in [-0.2, -0.15) is 0 Å². The maximum Gasteiger partial charge on any atom is 0.160 e. The number of para-hydroxylation sites is 1. The highest BCUT2D eigenvalue weighted by molar-refractivity contribution is 5.98. The molecule has 0 saturated carbocycles. The Kier molecular flexibility index (Phi) is 5.94. The third kappa shape index (κ3) is 4.06. The SMILES string of the molecule is C1=Cc2cc(-c3cc(-c4ccc5c(c4)C4(c6ccccc6O5)c5ccccc5-c5ccccc54)nc(-c4ccccc4)n3)cc3cccc(c23)C1. The molecule has 238 valence electrons. The van der Waals surface area contributed by atoms with Crippen LogP contribution in [0.1, 0.15) is 33.4 Å². The zero-order chi connectivity index (χ0) is 33.5. The number of nitrogens with zero attached hydrogens (tertiary/aromatic N) is 2. The van der Waals surface area contributed by atoms with Gasteiger partial charge in [0.05, 0.1) is 16.8 Å². The zero-order valence-corrected chi connectivity index (χ0v) is 27.7. The van der Waals surface area contributed by atoms with Crippen molar-refractivity contribution < 1.29 is 4.74 Å². The van der Waals surface area contributed by atoms with E-state index in [1.165, 1.54) is 44.2 Å². The van der Waals surface area contributed by atoms with Crippen LogP contribution in [-0.2, 0) is 11.8 Å². The van der Waals surface area contributed by atoms with Gasteiger partial charge in [-0.15, -0.1) is 0 Å². The summed E-state index contributed by atoms with van der Waals surface area (Å²) in [6.45, 7) is 0. The molecule has 0 unspecified atom stereocenters. The Bertz CT molecular complexity index is 2720. The van der Waals surface area contributed by atoms with E-state index in [9.17, 15) is 0 Å². The standard InChI is InChI=1S/C48H30N2O/c1-2-12-31(13-3-1)47-49-42(29-43(50-47)35-26-33-16-10-14-30-15-11-17-34(27-35)46(30)33)32-24-25-45-41(28-32)48(40-22-8-9-23-44(40)51-45)38-20-6-4-18-36(38)37-19-5-7-21-39(37)48/h1-14,16-29H,15H2. The van der Waals surface area contributed by atoms with E-state index >= 15 is 0 Å². The van der Waals surface area contributed by atoms with Gasteiger partial charge in [0.1, 0.15) is 11.5 Å². The molecule has 0 saturated heterocycles. The molecule has 3 aliphatic rings. The second-order valence-electron chi connectivity index (χ2n) is 13.7. The number of ether oxygens (including phenoxy) is 1. The summed E-state index contributed by atoms with van der Waals surface area (Å²) in [5.74, 6) is 2.45. The first-order valence-electron chi connectivity index (χ1n) is 17.5. The minimum atomic E-state index is -0.545. The first-order chi connectivity index (χ1) is 25.3. The van der Waals surface area contributed by atoms with E-state index in [1.54, 1.807) is 0 Å². The maximum absolute atomic E-state index is 6.71. The number of hydrogen-bond acceptors (Lipinski definition) is 3. The highest BCUT2D eigenvalue weighted by Gasteiger charge is 2.51. The van der Waals surface area contributed by atoms with Crippen molar-refractivity contribution in [2.45, 2.75) is 11.8 Å². The fourth-order valence-corrected chi connectivity index (χ4v) is 8.78. The van der Waals surface area contributed by atoms with E-state index in [4.69, 9.17) is 14.7 Å². The van der Waals surface area contributed by atoms with Crippen LogP contribution in [0.15, 0.2) is 164 Å². The van der Waals surface area contributed by atoms with Gasteiger partial charge in [-0.25, -0.2) is 9.97 Å². The molecule has 0 atom stereocenters. The number of aromatic nitrogens is 2. The fraction of sp³-hybridized carbons (Fsp3) is 0.0417. The lowest BCUT2D eigenvalue weighted by Crippen LogP contribution is -2.32. The second kappa shape index (κ2) is 10.7. The van der Waals surface area contributed by atoms with Crippen molar-refractivity contribution in [2.75, 3.05) is 0 Å². The Morgan fingerprint density at radius 2 is 1.18 bits per heavy atom. The monoisotopic (exact) mass is 650 g/mol. The molecule has 3 nitrogen and oxygen atoms in total. The Balaban J connectivity index is 1.17. The quantitative estimate of drug-likeness (QED) is 0.191. The molecule has 51 heavy (non-hydrogen) atoms. The first-order valence-corrected chi connectivity index (χ1v) is 17.5. The predicted molar refractivity (Wildman–Crippen MR) is 206 cm³/mol. The van der Waals surface area contributed by atoms with E-state index in [0.29, 0.717) is 5.82 Å². The lowest BCUT2D eigenvalue weighted by atomic mass is 9.66. The van der Waals surface area contributed by atoms with E-state index in [0.717, 1.165) is 57.1 Å². The number of fused-ring (bicyclic) bond motifs is 9. The molecular formula is C48H30N2O. The van der Waals surface area contributed by atoms with Crippen LogP contribution < -0.4 is 4.74 Å². The van der Waals surface area contributed by atoms with Crippen molar-refractivity contribution in [2.24, 2.45) is 0 Å². The van der Waals surface area contributed by atoms with Gasteiger partial charge in [0.15, 0.2) is 5.82 Å². The van der Waals surface area contributed by atoms with Crippen LogP contribution in [0.3, 0.4) is 0 Å². The Morgan fingerprint density at radius 3 is 1.98 bits per heavy atom. The van der Waals surface area contributed by atoms with Gasteiger partial charge >= 0.3 is 0 Å². The molecule has 1 aromatic heterocycles. The van der Waals surface area contributed by atoms with Crippen molar-refractivity contribution in [1.29, 1.82) is 0 Å². The Labute approximate surface area is 296 Å². The van der Waals surface area contributed by atoms with Gasteiger partial charge in [0.25, 0.3) is 0 Å². The number of rotatable bonds is 3. The van der Waals surface area contributed by atoms with Gasteiger partial charge in [0.2, 0.25) is 0 Å². The van der Waals surface area contributed by atoms with Crippen LogP contribution in [0.25, 0.3) is 61.9 Å². The van der Waals surface area contributed by atoms with Gasteiger partial charge in [-0.3, -0.25) is 0 Å². The smallest absolute Gasteiger partial charge is 0.160 e. The van der Waals surface area contributed by atoms with Crippen LogP contribution in [0, 0.1) is 0 Å². The largest absolute Gasteiger partial charge is 0.457 e. The van der Waals surface area contributed by atoms with Gasteiger partial charge < -0.3 is 4.74 Å². The number of hydrogen-bond donors (Lipinski definition) is 0. The summed E-state index contributed by atoms with van der Waals surface area (Å²) in [6, 6.07) is 56.4. The summed E-state index contributed by atoms with van der Waals surface area (Å²) < 4.78 is 6.71. The molecule has 11 rings (SSSR count). The highest BCUT2D eigenvalue weighted by atomic mass is 16.5. The normalized spacial score (nSPS) is 14.0. The van der Waals surface area contributed by atoms with E-state index in [1.807, 2.05) is 18.2 Å². The summed E-state index contributed by atoms with van der Waals surface area (Å²) in [5.41, 5.74) is 14.2. The number of allylic oxidation sites excluding steroid dienone is 1. The fourth-order valence-electron chi connectivity index (χ4n) is 8.78. The Hall–Kier alpha value is -6.58. The second-order valence-corrected chi connectivity index (χ2v) is 13.7. The van der Waals surface area contributed by atoms with Crippen molar-refractivity contribution in [3.05, 3.63) is 197 Å². The van der Waals surface area contributed by atoms with Gasteiger partial charge in [0, 0.05) is 27.8 Å². The van der Waals surface area contributed by atoms with E-state index in [2.05, 4.69) is 152 Å². The molecule has 7 aromatic carbocycles. The molecule has 8 aromatic rings. The molecule has 2 aliphatic carbocycles. The van der Waals surface area contributed by atoms with Crippen molar-refractivity contribution in [3.63, 3.8) is 0 Å².